The van der Waals surface area contributed by atoms with Crippen molar-refractivity contribution in [2.24, 2.45) is 11.5 Å². The molecule has 216 valence electrons. The van der Waals surface area contributed by atoms with Crippen LogP contribution in [-0.4, -0.2) is 60.0 Å². The monoisotopic (exact) mass is 519 g/mol. The van der Waals surface area contributed by atoms with Crippen molar-refractivity contribution in [2.75, 3.05) is 26.2 Å². The molecule has 7 nitrogen and oxygen atoms in total. The number of hydrogen-bond donors (Lipinski definition) is 5. The Balaban J connectivity index is 1.32. The van der Waals surface area contributed by atoms with Crippen LogP contribution in [0.4, 0.5) is 0 Å². The van der Waals surface area contributed by atoms with E-state index >= 15 is 0 Å². The third-order valence-corrected chi connectivity index (χ3v) is 8.65. The van der Waals surface area contributed by atoms with Crippen molar-refractivity contribution < 1.29 is 0 Å². The third kappa shape index (κ3) is 14.3. The fraction of sp³-hybridized carbons (Fsp3) is 0.933. The zero-order valence-electron chi connectivity index (χ0n) is 24.1. The van der Waals surface area contributed by atoms with Gasteiger partial charge in [0, 0.05) is 25.2 Å². The van der Waals surface area contributed by atoms with Gasteiger partial charge >= 0.3 is 0 Å². The Bertz CT molecular complexity index is 534. The highest BCUT2D eigenvalue weighted by Gasteiger charge is 2.22. The Morgan fingerprint density at radius 3 is 1.19 bits per heavy atom. The van der Waals surface area contributed by atoms with Crippen molar-refractivity contribution in [1.82, 2.24) is 15.1 Å². The molecule has 0 aliphatic heterocycles. The number of hydrogen-bond acceptors (Lipinski definition) is 3. The molecule has 0 amide bonds. The molecule has 7 N–H and O–H groups in total. The Morgan fingerprint density at radius 2 is 0.838 bits per heavy atom. The van der Waals surface area contributed by atoms with Crippen LogP contribution in [0.1, 0.15) is 141 Å². The van der Waals surface area contributed by atoms with E-state index in [1.54, 1.807) is 0 Å². The van der Waals surface area contributed by atoms with Gasteiger partial charge in [0.15, 0.2) is 11.9 Å². The quantitative estimate of drug-likeness (QED) is 0.0733. The van der Waals surface area contributed by atoms with E-state index in [1.165, 1.54) is 141 Å². The van der Waals surface area contributed by atoms with Crippen LogP contribution in [0.3, 0.4) is 0 Å². The van der Waals surface area contributed by atoms with Gasteiger partial charge in [-0.1, -0.05) is 89.9 Å². The van der Waals surface area contributed by atoms with Gasteiger partial charge in [-0.05, 0) is 64.5 Å². The van der Waals surface area contributed by atoms with Gasteiger partial charge in [-0.25, -0.2) is 0 Å². The molecule has 2 aliphatic rings. The smallest absolute Gasteiger partial charge is 0.188 e. The number of nitrogens with zero attached hydrogens (tertiary/aromatic N) is 2. The van der Waals surface area contributed by atoms with Crippen LogP contribution in [0.5, 0.6) is 0 Å². The zero-order valence-corrected chi connectivity index (χ0v) is 24.1. The lowest BCUT2D eigenvalue weighted by Gasteiger charge is -2.34. The van der Waals surface area contributed by atoms with Crippen LogP contribution in [0.2, 0.25) is 0 Å². The molecule has 2 aliphatic carbocycles. The first-order valence-electron chi connectivity index (χ1n) is 16.0. The molecule has 0 aromatic heterocycles. The van der Waals surface area contributed by atoms with Crippen molar-refractivity contribution in [3.8, 4) is 0 Å². The molecule has 2 saturated carbocycles. The minimum Gasteiger partial charge on any atom is -0.370 e. The van der Waals surface area contributed by atoms with Crippen LogP contribution >= 0.6 is 0 Å². The van der Waals surface area contributed by atoms with Gasteiger partial charge in [-0.15, -0.1) is 0 Å². The van der Waals surface area contributed by atoms with Gasteiger partial charge in [0.2, 0.25) is 0 Å². The van der Waals surface area contributed by atoms with E-state index in [1.807, 2.05) is 0 Å². The summed E-state index contributed by atoms with van der Waals surface area (Å²) in [6.45, 7) is 4.25. The van der Waals surface area contributed by atoms with Crippen molar-refractivity contribution in [3.63, 3.8) is 0 Å². The summed E-state index contributed by atoms with van der Waals surface area (Å²) in [6, 6.07) is 1.04. The average Bonchev–Trinajstić information content (AvgIpc) is 2.90. The lowest BCUT2D eigenvalue weighted by atomic mass is 9.94. The summed E-state index contributed by atoms with van der Waals surface area (Å²) in [6.07, 6.45) is 28.1. The molecule has 37 heavy (non-hydrogen) atoms. The second-order valence-electron chi connectivity index (χ2n) is 11.7. The fourth-order valence-electron chi connectivity index (χ4n) is 6.39. The maximum Gasteiger partial charge on any atom is 0.188 e. The van der Waals surface area contributed by atoms with E-state index in [4.69, 9.17) is 22.3 Å². The summed E-state index contributed by atoms with van der Waals surface area (Å²) in [7, 11) is 0. The minimum absolute atomic E-state index is 0.281. The highest BCUT2D eigenvalue weighted by atomic mass is 15.3. The van der Waals surface area contributed by atoms with E-state index in [-0.39, 0.29) is 11.9 Å². The lowest BCUT2D eigenvalue weighted by molar-refractivity contribution is 0.236. The summed E-state index contributed by atoms with van der Waals surface area (Å²) in [4.78, 5) is 4.34. The Kier molecular flexibility index (Phi) is 17.5. The average molecular weight is 520 g/mol. The van der Waals surface area contributed by atoms with Gasteiger partial charge < -0.3 is 26.6 Å². The van der Waals surface area contributed by atoms with Crippen molar-refractivity contribution in [2.45, 2.75) is 153 Å². The maximum absolute atomic E-state index is 7.92. The SMILES string of the molecule is N=C(N)N(CCCCCCCCNCCCCCCCCN(C(=N)N)C1CCCCC1)C1CCCCC1. The van der Waals surface area contributed by atoms with E-state index in [9.17, 15) is 0 Å². The molecule has 0 spiro atoms. The van der Waals surface area contributed by atoms with E-state index in [0.717, 1.165) is 26.2 Å². The van der Waals surface area contributed by atoms with Gasteiger partial charge in [0.1, 0.15) is 0 Å². The van der Waals surface area contributed by atoms with Crippen molar-refractivity contribution in [1.29, 1.82) is 10.8 Å². The minimum atomic E-state index is 0.281. The molecule has 2 fully saturated rings. The Labute approximate surface area is 228 Å². The lowest BCUT2D eigenvalue weighted by Crippen LogP contribution is -2.45. The molecule has 0 aromatic carbocycles. The standard InChI is InChI=1S/C30H61N7/c31-29(32)36(27-19-11-9-12-20-27)25-17-7-3-1-5-15-23-35-24-16-6-2-4-8-18-26-37(30(33)34)28-21-13-10-14-22-28/h27-28,35H,1-26H2,(H3,31,32)(H3,33,34). The molecule has 2 rings (SSSR count). The van der Waals surface area contributed by atoms with Crippen LogP contribution < -0.4 is 16.8 Å². The van der Waals surface area contributed by atoms with E-state index in [2.05, 4.69) is 15.1 Å². The largest absolute Gasteiger partial charge is 0.370 e. The van der Waals surface area contributed by atoms with E-state index in [0.29, 0.717) is 12.1 Å². The number of unbranched alkanes of at least 4 members (excludes halogenated alkanes) is 10. The summed E-state index contributed by atoms with van der Waals surface area (Å²) < 4.78 is 0. The third-order valence-electron chi connectivity index (χ3n) is 8.65. The summed E-state index contributed by atoms with van der Waals surface area (Å²) in [5.41, 5.74) is 11.7. The topological polar surface area (TPSA) is 118 Å². The van der Waals surface area contributed by atoms with Crippen molar-refractivity contribution in [3.05, 3.63) is 0 Å². The van der Waals surface area contributed by atoms with E-state index < -0.39 is 0 Å². The van der Waals surface area contributed by atoms with Gasteiger partial charge in [-0.3, -0.25) is 10.8 Å². The first kappa shape index (κ1) is 31.7. The second-order valence-corrected chi connectivity index (χ2v) is 11.7. The molecule has 0 atom stereocenters. The van der Waals surface area contributed by atoms with Gasteiger partial charge in [0.05, 0.1) is 0 Å². The van der Waals surface area contributed by atoms with Crippen LogP contribution in [-0.2, 0) is 0 Å². The molecule has 0 unspecified atom stereocenters. The number of nitrogens with one attached hydrogen (secondary N) is 3. The normalized spacial score (nSPS) is 17.1. The van der Waals surface area contributed by atoms with Crippen molar-refractivity contribution >= 4 is 11.9 Å². The molecule has 0 bridgehead atoms. The predicted molar refractivity (Wildman–Crippen MR) is 159 cm³/mol. The van der Waals surface area contributed by atoms with Crippen LogP contribution in [0.25, 0.3) is 0 Å². The number of guanidine groups is 2. The zero-order chi connectivity index (χ0) is 26.6. The molecular formula is C30H61N7. The summed E-state index contributed by atoms with van der Waals surface area (Å²) in [5, 5.41) is 19.5. The molecule has 0 heterocycles. The fourth-order valence-corrected chi connectivity index (χ4v) is 6.39. The summed E-state index contributed by atoms with van der Waals surface area (Å²) in [5.74, 6) is 0.563. The molecule has 7 heteroatoms. The summed E-state index contributed by atoms with van der Waals surface area (Å²) >= 11 is 0. The first-order chi connectivity index (χ1) is 18.1. The number of nitrogens with two attached hydrogens (primary N) is 2. The Morgan fingerprint density at radius 1 is 0.514 bits per heavy atom. The first-order valence-corrected chi connectivity index (χ1v) is 16.0. The molecule has 0 saturated heterocycles. The molecule has 0 aromatic rings. The molecule has 0 radical (unpaired) electrons. The van der Waals surface area contributed by atoms with Crippen LogP contribution in [0.15, 0.2) is 0 Å². The van der Waals surface area contributed by atoms with Gasteiger partial charge in [-0.2, -0.15) is 0 Å². The second kappa shape index (κ2) is 20.5. The maximum atomic E-state index is 7.92. The number of rotatable bonds is 20. The highest BCUT2D eigenvalue weighted by molar-refractivity contribution is 5.75. The molecular weight excluding hydrogens is 458 g/mol. The van der Waals surface area contributed by atoms with Crippen LogP contribution in [0, 0.1) is 10.8 Å². The Hall–Kier alpha value is -1.50. The van der Waals surface area contributed by atoms with Gasteiger partial charge in [0.25, 0.3) is 0 Å². The highest BCUT2D eigenvalue weighted by Crippen LogP contribution is 2.24. The predicted octanol–water partition coefficient (Wildman–Crippen LogP) is 6.31.